The van der Waals surface area contributed by atoms with E-state index >= 15 is 0 Å². The van der Waals surface area contributed by atoms with E-state index in [4.69, 9.17) is 0 Å². The van der Waals surface area contributed by atoms with E-state index in [1.807, 2.05) is 0 Å². The number of hydrogen-bond donors (Lipinski definition) is 0. The molecule has 4 heteroatoms. The summed E-state index contributed by atoms with van der Waals surface area (Å²) in [6.45, 7) is 0. The Bertz CT molecular complexity index is 699. The fourth-order valence-corrected chi connectivity index (χ4v) is 5.12. The van der Waals surface area contributed by atoms with Crippen LogP contribution in [0.25, 0.3) is 11.1 Å². The van der Waals surface area contributed by atoms with Gasteiger partial charge in [-0.3, -0.25) is 0 Å². The smallest absolute Gasteiger partial charge is 0.000953 e. The maximum absolute atomic E-state index is 2.24. The van der Waals surface area contributed by atoms with Gasteiger partial charge in [-0.15, -0.1) is 0 Å². The molecule has 0 saturated heterocycles. The van der Waals surface area contributed by atoms with E-state index in [9.17, 15) is 0 Å². The first-order valence-corrected chi connectivity index (χ1v) is 10.5. The molecule has 0 unspecified atom stereocenters. The van der Waals surface area contributed by atoms with Crippen LogP contribution in [0.15, 0.2) is 67.3 Å². The normalized spacial score (nSPS) is 10.7. The molecule has 0 nitrogen and oxygen atoms in total. The lowest BCUT2D eigenvalue weighted by Gasteiger charge is -2.13. The van der Waals surface area contributed by atoms with Gasteiger partial charge in [0.1, 0.15) is 0 Å². The van der Waals surface area contributed by atoms with Crippen molar-refractivity contribution in [1.82, 2.24) is 0 Å². The molecule has 0 saturated carbocycles. The summed E-state index contributed by atoms with van der Waals surface area (Å²) in [5, 5.41) is 17.6. The molecule has 0 aliphatic carbocycles. The van der Waals surface area contributed by atoms with E-state index in [1.54, 1.807) is 45.3 Å². The first-order chi connectivity index (χ1) is 10.9. The average Bonchev–Trinajstić information content (AvgIpc) is 3.35. The summed E-state index contributed by atoms with van der Waals surface area (Å²) < 4.78 is 0. The lowest BCUT2D eigenvalue weighted by atomic mass is 9.90. The van der Waals surface area contributed by atoms with E-state index in [0.29, 0.717) is 0 Å². The van der Waals surface area contributed by atoms with Crippen molar-refractivity contribution in [2.45, 2.75) is 0 Å². The number of thiophene rings is 4. The lowest BCUT2D eigenvalue weighted by Crippen LogP contribution is -1.92. The topological polar surface area (TPSA) is 0 Å². The van der Waals surface area contributed by atoms with Gasteiger partial charge in [0.15, 0.2) is 0 Å². The van der Waals surface area contributed by atoms with Crippen molar-refractivity contribution in [3.8, 4) is 0 Å². The van der Waals surface area contributed by atoms with Crippen LogP contribution < -0.4 is 0 Å². The van der Waals surface area contributed by atoms with Gasteiger partial charge in [-0.25, -0.2) is 0 Å². The second kappa shape index (κ2) is 6.34. The highest BCUT2D eigenvalue weighted by atomic mass is 32.1. The Labute approximate surface area is 145 Å². The third-order valence-electron chi connectivity index (χ3n) is 3.49. The zero-order valence-corrected chi connectivity index (χ0v) is 14.8. The number of rotatable bonds is 4. The summed E-state index contributed by atoms with van der Waals surface area (Å²) in [4.78, 5) is 0. The zero-order chi connectivity index (χ0) is 14.8. The molecule has 0 aliphatic rings. The van der Waals surface area contributed by atoms with Gasteiger partial charge in [-0.05, 0) is 101 Å². The molecule has 108 valence electrons. The van der Waals surface area contributed by atoms with E-state index in [-0.39, 0.29) is 0 Å². The molecule has 4 rings (SSSR count). The zero-order valence-electron chi connectivity index (χ0n) is 11.6. The summed E-state index contributed by atoms with van der Waals surface area (Å²) in [5.74, 6) is 0. The van der Waals surface area contributed by atoms with Crippen molar-refractivity contribution in [2.24, 2.45) is 0 Å². The van der Waals surface area contributed by atoms with Crippen molar-refractivity contribution in [3.05, 3.63) is 89.6 Å². The minimum absolute atomic E-state index is 1.30. The molecule has 4 aromatic rings. The molecular formula is C18H12S4. The third kappa shape index (κ3) is 2.63. The molecule has 0 amide bonds. The second-order valence-electron chi connectivity index (χ2n) is 4.80. The molecule has 0 N–H and O–H groups in total. The van der Waals surface area contributed by atoms with Crippen molar-refractivity contribution >= 4 is 56.5 Å². The monoisotopic (exact) mass is 356 g/mol. The van der Waals surface area contributed by atoms with Crippen LogP contribution in [0.5, 0.6) is 0 Å². The van der Waals surface area contributed by atoms with Gasteiger partial charge in [-0.2, -0.15) is 45.3 Å². The van der Waals surface area contributed by atoms with Crippen LogP contribution in [0.2, 0.25) is 0 Å². The van der Waals surface area contributed by atoms with E-state index in [2.05, 4.69) is 67.3 Å². The molecule has 0 fully saturated rings. The average molecular weight is 357 g/mol. The fraction of sp³-hybridized carbons (Fsp3) is 0. The predicted octanol–water partition coefficient (Wildman–Crippen LogP) is 6.94. The fourth-order valence-electron chi connectivity index (χ4n) is 2.54. The van der Waals surface area contributed by atoms with E-state index in [0.717, 1.165) is 0 Å². The standard InChI is InChI=1S/C18H12S4/c1-5-19-9-13(1)17(14-2-6-20-10-14)18(15-3-7-21-11-15)16-4-8-22-12-16/h1-12H. The van der Waals surface area contributed by atoms with Crippen LogP contribution in [-0.4, -0.2) is 0 Å². The highest BCUT2D eigenvalue weighted by molar-refractivity contribution is 7.09. The third-order valence-corrected chi connectivity index (χ3v) is 6.22. The molecule has 0 aliphatic heterocycles. The molecule has 22 heavy (non-hydrogen) atoms. The van der Waals surface area contributed by atoms with Gasteiger partial charge in [-0.1, -0.05) is 0 Å². The van der Waals surface area contributed by atoms with Crippen molar-refractivity contribution < 1.29 is 0 Å². The lowest BCUT2D eigenvalue weighted by molar-refractivity contribution is 1.62. The molecule has 0 atom stereocenters. The maximum Gasteiger partial charge on any atom is -0.000953 e. The van der Waals surface area contributed by atoms with Crippen molar-refractivity contribution in [2.75, 3.05) is 0 Å². The summed E-state index contributed by atoms with van der Waals surface area (Å²) in [5.41, 5.74) is 7.87. The maximum atomic E-state index is 2.24. The summed E-state index contributed by atoms with van der Waals surface area (Å²) in [7, 11) is 0. The Morgan fingerprint density at radius 2 is 0.727 bits per heavy atom. The summed E-state index contributed by atoms with van der Waals surface area (Å²) in [6, 6.07) is 8.87. The van der Waals surface area contributed by atoms with Crippen LogP contribution in [0, 0.1) is 0 Å². The quantitative estimate of drug-likeness (QED) is 0.371. The van der Waals surface area contributed by atoms with Crippen LogP contribution in [-0.2, 0) is 0 Å². The molecule has 0 spiro atoms. The molecule has 0 aromatic carbocycles. The van der Waals surface area contributed by atoms with Gasteiger partial charge in [0.25, 0.3) is 0 Å². The molecule has 0 radical (unpaired) electrons. The Morgan fingerprint density at radius 3 is 0.909 bits per heavy atom. The molecule has 4 heterocycles. The van der Waals surface area contributed by atoms with E-state index < -0.39 is 0 Å². The molecule has 4 aromatic heterocycles. The second-order valence-corrected chi connectivity index (χ2v) is 7.92. The highest BCUT2D eigenvalue weighted by Crippen LogP contribution is 2.39. The summed E-state index contributed by atoms with van der Waals surface area (Å²) >= 11 is 7.01. The van der Waals surface area contributed by atoms with Crippen LogP contribution in [0.3, 0.4) is 0 Å². The van der Waals surface area contributed by atoms with Gasteiger partial charge in [0.05, 0.1) is 0 Å². The van der Waals surface area contributed by atoms with Crippen molar-refractivity contribution in [3.63, 3.8) is 0 Å². The largest absolute Gasteiger partial charge is 0.152 e. The van der Waals surface area contributed by atoms with E-state index in [1.165, 1.54) is 33.4 Å². The van der Waals surface area contributed by atoms with Crippen LogP contribution in [0.4, 0.5) is 0 Å². The predicted molar refractivity (Wildman–Crippen MR) is 102 cm³/mol. The first kappa shape index (κ1) is 14.2. The molecule has 0 bridgehead atoms. The first-order valence-electron chi connectivity index (χ1n) is 6.78. The Hall–Kier alpha value is -1.46. The van der Waals surface area contributed by atoms with Crippen LogP contribution >= 0.6 is 45.3 Å². The Kier molecular flexibility index (Phi) is 4.08. The van der Waals surface area contributed by atoms with Crippen molar-refractivity contribution in [1.29, 1.82) is 0 Å². The molecular weight excluding hydrogens is 344 g/mol. The minimum Gasteiger partial charge on any atom is -0.152 e. The van der Waals surface area contributed by atoms with Gasteiger partial charge in [0.2, 0.25) is 0 Å². The SMILES string of the molecule is c1cc(C(=C(c2ccsc2)c2ccsc2)c2ccsc2)cs1. The van der Waals surface area contributed by atoms with Gasteiger partial charge >= 0.3 is 0 Å². The summed E-state index contributed by atoms with van der Waals surface area (Å²) in [6.07, 6.45) is 0. The van der Waals surface area contributed by atoms with Crippen LogP contribution in [0.1, 0.15) is 22.3 Å². The Morgan fingerprint density at radius 1 is 0.455 bits per heavy atom. The highest BCUT2D eigenvalue weighted by Gasteiger charge is 2.17. The Balaban J connectivity index is 2.06. The van der Waals surface area contributed by atoms with Gasteiger partial charge < -0.3 is 0 Å². The van der Waals surface area contributed by atoms with Gasteiger partial charge in [0, 0.05) is 0 Å². The number of hydrogen-bond acceptors (Lipinski definition) is 4. The minimum atomic E-state index is 1.30.